The van der Waals surface area contributed by atoms with Gasteiger partial charge in [-0.1, -0.05) is 51.1 Å². The van der Waals surface area contributed by atoms with E-state index in [1.165, 1.54) is 22.2 Å². The first-order valence-corrected chi connectivity index (χ1v) is 8.37. The molecular formula is C21H26N2. The van der Waals surface area contributed by atoms with Crippen LogP contribution < -0.4 is 0 Å². The Morgan fingerprint density at radius 2 is 1.70 bits per heavy atom. The lowest BCUT2D eigenvalue weighted by molar-refractivity contribution is 0.588. The highest BCUT2D eigenvalue weighted by molar-refractivity contribution is 5.82. The highest BCUT2D eigenvalue weighted by Gasteiger charge is 2.19. The van der Waals surface area contributed by atoms with Crippen LogP contribution in [0.2, 0.25) is 0 Å². The molecule has 1 heterocycles. The van der Waals surface area contributed by atoms with E-state index in [0.29, 0.717) is 6.04 Å². The zero-order chi connectivity index (χ0) is 16.8. The van der Waals surface area contributed by atoms with Crippen LogP contribution in [0.1, 0.15) is 51.8 Å². The summed E-state index contributed by atoms with van der Waals surface area (Å²) < 4.78 is 2.37. The van der Waals surface area contributed by atoms with Gasteiger partial charge in [0.25, 0.3) is 0 Å². The lowest BCUT2D eigenvalue weighted by atomic mass is 9.87. The number of hydrogen-bond donors (Lipinski definition) is 0. The van der Waals surface area contributed by atoms with Crippen LogP contribution in [-0.2, 0) is 5.41 Å². The molecule has 0 radical (unpaired) electrons. The van der Waals surface area contributed by atoms with Gasteiger partial charge in [-0.3, -0.25) is 0 Å². The Hall–Kier alpha value is -2.09. The second-order valence-corrected chi connectivity index (χ2v) is 7.67. The van der Waals surface area contributed by atoms with Gasteiger partial charge >= 0.3 is 0 Å². The van der Waals surface area contributed by atoms with Crippen LogP contribution in [0.3, 0.4) is 0 Å². The summed E-state index contributed by atoms with van der Waals surface area (Å²) in [5.74, 6) is 1.07. The van der Waals surface area contributed by atoms with Crippen molar-refractivity contribution in [3.63, 3.8) is 0 Å². The van der Waals surface area contributed by atoms with Crippen molar-refractivity contribution in [2.45, 2.75) is 53.0 Å². The molecule has 3 rings (SSSR count). The number of imidazole rings is 1. The molecule has 23 heavy (non-hydrogen) atoms. The third kappa shape index (κ3) is 2.78. The molecule has 0 aliphatic rings. The van der Waals surface area contributed by atoms with Crippen LogP contribution in [0.5, 0.6) is 0 Å². The van der Waals surface area contributed by atoms with Gasteiger partial charge in [-0.15, -0.1) is 0 Å². The summed E-state index contributed by atoms with van der Waals surface area (Å²) in [7, 11) is 0. The average molecular weight is 306 g/mol. The first kappa shape index (κ1) is 15.8. The Morgan fingerprint density at radius 1 is 1.00 bits per heavy atom. The summed E-state index contributed by atoms with van der Waals surface area (Å²) in [6.45, 7) is 13.4. The van der Waals surface area contributed by atoms with Gasteiger partial charge in [-0.05, 0) is 49.4 Å². The molecule has 0 amide bonds. The Balaban J connectivity index is 2.32. The van der Waals surface area contributed by atoms with Crippen molar-refractivity contribution in [2.75, 3.05) is 0 Å². The van der Waals surface area contributed by atoms with Crippen LogP contribution in [0.4, 0.5) is 0 Å². The summed E-state index contributed by atoms with van der Waals surface area (Å²) in [6, 6.07) is 15.5. The van der Waals surface area contributed by atoms with Gasteiger partial charge in [0.15, 0.2) is 0 Å². The van der Waals surface area contributed by atoms with E-state index < -0.39 is 0 Å². The molecule has 0 aliphatic heterocycles. The van der Waals surface area contributed by atoms with Crippen LogP contribution in [-0.4, -0.2) is 9.55 Å². The minimum Gasteiger partial charge on any atom is -0.321 e. The molecule has 2 aromatic carbocycles. The zero-order valence-electron chi connectivity index (χ0n) is 15.0. The monoisotopic (exact) mass is 306 g/mol. The molecule has 2 heteroatoms. The number of nitrogens with zero attached hydrogens (tertiary/aromatic N) is 2. The summed E-state index contributed by atoms with van der Waals surface area (Å²) >= 11 is 0. The van der Waals surface area contributed by atoms with E-state index in [9.17, 15) is 0 Å². The maximum absolute atomic E-state index is 4.95. The third-order valence-electron chi connectivity index (χ3n) is 4.46. The molecule has 0 bridgehead atoms. The normalized spacial score (nSPS) is 12.3. The molecule has 1 aromatic heterocycles. The van der Waals surface area contributed by atoms with E-state index in [2.05, 4.69) is 88.6 Å². The molecule has 0 fully saturated rings. The number of aromatic nitrogens is 2. The van der Waals surface area contributed by atoms with Crippen molar-refractivity contribution in [3.05, 3.63) is 53.6 Å². The van der Waals surface area contributed by atoms with Gasteiger partial charge in [-0.2, -0.15) is 0 Å². The van der Waals surface area contributed by atoms with E-state index in [1.807, 2.05) is 0 Å². The number of fused-ring (bicyclic) bond motifs is 1. The second kappa shape index (κ2) is 5.52. The molecule has 0 saturated heterocycles. The van der Waals surface area contributed by atoms with E-state index in [-0.39, 0.29) is 5.41 Å². The highest BCUT2D eigenvalue weighted by atomic mass is 15.1. The van der Waals surface area contributed by atoms with Crippen molar-refractivity contribution >= 4 is 11.0 Å². The Kier molecular flexibility index (Phi) is 3.79. The number of aryl methyl sites for hydroxylation is 1. The van der Waals surface area contributed by atoms with Gasteiger partial charge in [-0.25, -0.2) is 4.98 Å². The van der Waals surface area contributed by atoms with Crippen molar-refractivity contribution in [1.82, 2.24) is 9.55 Å². The lowest BCUT2D eigenvalue weighted by Crippen LogP contribution is -2.11. The predicted molar refractivity (Wildman–Crippen MR) is 99.0 cm³/mol. The summed E-state index contributed by atoms with van der Waals surface area (Å²) in [5, 5.41) is 0. The molecule has 0 spiro atoms. The van der Waals surface area contributed by atoms with Crippen LogP contribution >= 0.6 is 0 Å². The topological polar surface area (TPSA) is 17.8 Å². The molecule has 0 unspecified atom stereocenters. The standard InChI is InChI=1S/C21H26N2/c1-14(2)23-19-13-16(21(4,5)6)11-12-18(19)22-20(23)17-10-8-7-9-15(17)3/h7-14H,1-6H3. The van der Waals surface area contributed by atoms with Crippen molar-refractivity contribution in [2.24, 2.45) is 0 Å². The summed E-state index contributed by atoms with van der Waals surface area (Å²) in [4.78, 5) is 4.95. The quantitative estimate of drug-likeness (QED) is 0.577. The van der Waals surface area contributed by atoms with Crippen LogP contribution in [0.15, 0.2) is 42.5 Å². The van der Waals surface area contributed by atoms with E-state index in [1.54, 1.807) is 0 Å². The van der Waals surface area contributed by atoms with Crippen LogP contribution in [0.25, 0.3) is 22.4 Å². The molecular weight excluding hydrogens is 280 g/mol. The number of rotatable bonds is 2. The Labute approximate surface area is 139 Å². The lowest BCUT2D eigenvalue weighted by Gasteiger charge is -2.20. The largest absolute Gasteiger partial charge is 0.321 e. The zero-order valence-corrected chi connectivity index (χ0v) is 15.0. The molecule has 0 aliphatic carbocycles. The summed E-state index contributed by atoms with van der Waals surface area (Å²) in [5.41, 5.74) is 6.28. The molecule has 0 N–H and O–H groups in total. The average Bonchev–Trinajstić information content (AvgIpc) is 2.85. The fourth-order valence-electron chi connectivity index (χ4n) is 3.10. The fraction of sp³-hybridized carbons (Fsp3) is 0.381. The van der Waals surface area contributed by atoms with Crippen molar-refractivity contribution in [3.8, 4) is 11.4 Å². The molecule has 0 saturated carbocycles. The minimum atomic E-state index is 0.142. The van der Waals surface area contributed by atoms with Crippen molar-refractivity contribution < 1.29 is 0 Å². The second-order valence-electron chi connectivity index (χ2n) is 7.67. The maximum atomic E-state index is 4.95. The summed E-state index contributed by atoms with van der Waals surface area (Å²) in [6.07, 6.45) is 0. The molecule has 0 atom stereocenters. The van der Waals surface area contributed by atoms with Gasteiger partial charge < -0.3 is 4.57 Å². The molecule has 120 valence electrons. The van der Waals surface area contributed by atoms with Gasteiger partial charge in [0.05, 0.1) is 11.0 Å². The maximum Gasteiger partial charge on any atom is 0.141 e. The fourth-order valence-corrected chi connectivity index (χ4v) is 3.10. The molecule has 3 aromatic rings. The first-order valence-electron chi connectivity index (χ1n) is 8.37. The minimum absolute atomic E-state index is 0.142. The highest BCUT2D eigenvalue weighted by Crippen LogP contribution is 2.32. The predicted octanol–water partition coefficient (Wildman–Crippen LogP) is 5.89. The van der Waals surface area contributed by atoms with Crippen molar-refractivity contribution in [1.29, 1.82) is 0 Å². The van der Waals surface area contributed by atoms with Crippen LogP contribution in [0, 0.1) is 6.92 Å². The van der Waals surface area contributed by atoms with E-state index in [4.69, 9.17) is 4.98 Å². The van der Waals surface area contributed by atoms with Gasteiger partial charge in [0.2, 0.25) is 0 Å². The molecule has 2 nitrogen and oxygen atoms in total. The number of benzene rings is 2. The van der Waals surface area contributed by atoms with E-state index in [0.717, 1.165) is 11.3 Å². The smallest absolute Gasteiger partial charge is 0.141 e. The van der Waals surface area contributed by atoms with Gasteiger partial charge in [0.1, 0.15) is 5.82 Å². The third-order valence-corrected chi connectivity index (χ3v) is 4.46. The first-order chi connectivity index (χ1) is 10.8. The van der Waals surface area contributed by atoms with E-state index >= 15 is 0 Å². The number of hydrogen-bond acceptors (Lipinski definition) is 1. The van der Waals surface area contributed by atoms with Gasteiger partial charge in [0, 0.05) is 11.6 Å². The Bertz CT molecular complexity index is 848. The Morgan fingerprint density at radius 3 is 2.30 bits per heavy atom. The SMILES string of the molecule is Cc1ccccc1-c1nc2ccc(C(C)(C)C)cc2n1C(C)C.